The number of ether oxygens (including phenoxy) is 2. The van der Waals surface area contributed by atoms with E-state index < -0.39 is 0 Å². The average molecular weight is 487 g/mol. The second kappa shape index (κ2) is 19.3. The molecule has 2 heteroatoms. The highest BCUT2D eigenvalue weighted by Crippen LogP contribution is 2.34. The van der Waals surface area contributed by atoms with E-state index >= 15 is 0 Å². The molecule has 2 nitrogen and oxygen atoms in total. The van der Waals surface area contributed by atoms with Crippen LogP contribution in [-0.2, 0) is 16.1 Å². The molecule has 0 heterocycles. The quantitative estimate of drug-likeness (QED) is 0.143. The van der Waals surface area contributed by atoms with Gasteiger partial charge in [-0.15, -0.1) is 0 Å². The highest BCUT2D eigenvalue weighted by atomic mass is 16.5. The zero-order chi connectivity index (χ0) is 25.0. The molecule has 1 aliphatic carbocycles. The summed E-state index contributed by atoms with van der Waals surface area (Å²) in [5.74, 6) is 1.13. The minimum absolute atomic E-state index is 0.169. The second-order valence-corrected chi connectivity index (χ2v) is 12.4. The van der Waals surface area contributed by atoms with Crippen molar-refractivity contribution in [3.63, 3.8) is 0 Å². The summed E-state index contributed by atoms with van der Waals surface area (Å²) in [6.07, 6.45) is 25.6. The van der Waals surface area contributed by atoms with Crippen LogP contribution in [0.25, 0.3) is 0 Å². The summed E-state index contributed by atoms with van der Waals surface area (Å²) in [5, 5.41) is 0. The first-order chi connectivity index (χ1) is 17.0. The van der Waals surface area contributed by atoms with Crippen molar-refractivity contribution in [3.05, 3.63) is 35.9 Å². The third kappa shape index (κ3) is 19.0. The summed E-state index contributed by atoms with van der Waals surface area (Å²) in [6, 6.07) is 10.5. The summed E-state index contributed by atoms with van der Waals surface area (Å²) in [7, 11) is 0. The van der Waals surface area contributed by atoms with E-state index in [0.717, 1.165) is 18.9 Å². The van der Waals surface area contributed by atoms with Crippen LogP contribution in [0.5, 0.6) is 0 Å². The molecule has 35 heavy (non-hydrogen) atoms. The van der Waals surface area contributed by atoms with Crippen LogP contribution in [-0.4, -0.2) is 19.3 Å². The molecule has 0 saturated heterocycles. The molecule has 1 fully saturated rings. The van der Waals surface area contributed by atoms with Crippen LogP contribution in [0.3, 0.4) is 0 Å². The van der Waals surface area contributed by atoms with Gasteiger partial charge in [-0.3, -0.25) is 0 Å². The van der Waals surface area contributed by atoms with Gasteiger partial charge in [-0.05, 0) is 29.7 Å². The molecule has 0 radical (unpaired) electrons. The van der Waals surface area contributed by atoms with Gasteiger partial charge in [0.25, 0.3) is 0 Å². The lowest BCUT2D eigenvalue weighted by atomic mass is 9.89. The standard InChI is InChI=1S/C33H58O2/c1-33(2,3)27-32(35-28-31-22-18-16-19-23-31)29-34-26-20-15-13-11-9-7-5-4-6-8-10-12-14-17-21-30-24-25-30/h16,18-19,22-23,30,32H,4-15,17,20-21,24-29H2,1-3H3. The summed E-state index contributed by atoms with van der Waals surface area (Å²) < 4.78 is 12.2. The van der Waals surface area contributed by atoms with Crippen molar-refractivity contribution in [2.75, 3.05) is 13.2 Å². The Morgan fingerprint density at radius 3 is 1.74 bits per heavy atom. The van der Waals surface area contributed by atoms with Crippen LogP contribution < -0.4 is 0 Å². The molecule has 0 aliphatic heterocycles. The van der Waals surface area contributed by atoms with E-state index in [0.29, 0.717) is 13.2 Å². The fourth-order valence-corrected chi connectivity index (χ4v) is 5.02. The molecule has 1 atom stereocenters. The molecule has 1 unspecified atom stereocenters. The van der Waals surface area contributed by atoms with Gasteiger partial charge in [0, 0.05) is 6.61 Å². The Morgan fingerprint density at radius 1 is 0.714 bits per heavy atom. The van der Waals surface area contributed by atoms with Crippen molar-refractivity contribution in [1.82, 2.24) is 0 Å². The van der Waals surface area contributed by atoms with Crippen molar-refractivity contribution < 1.29 is 9.47 Å². The predicted octanol–water partition coefficient (Wildman–Crippen LogP) is 10.3. The molecular weight excluding hydrogens is 428 g/mol. The van der Waals surface area contributed by atoms with Gasteiger partial charge in [-0.1, -0.05) is 154 Å². The van der Waals surface area contributed by atoms with Gasteiger partial charge >= 0.3 is 0 Å². The van der Waals surface area contributed by atoms with Gasteiger partial charge in [-0.2, -0.15) is 0 Å². The van der Waals surface area contributed by atoms with E-state index in [4.69, 9.17) is 9.47 Å². The van der Waals surface area contributed by atoms with E-state index in [1.807, 2.05) is 0 Å². The first-order valence-electron chi connectivity index (χ1n) is 15.3. The average Bonchev–Trinajstić information content (AvgIpc) is 3.66. The Bertz CT molecular complexity index is 587. The largest absolute Gasteiger partial charge is 0.379 e. The number of hydrogen-bond donors (Lipinski definition) is 0. The van der Waals surface area contributed by atoms with Gasteiger partial charge < -0.3 is 9.47 Å². The Kier molecular flexibility index (Phi) is 16.7. The fraction of sp³-hybridized carbons (Fsp3) is 0.818. The monoisotopic (exact) mass is 486 g/mol. The number of benzene rings is 1. The Balaban J connectivity index is 1.34. The maximum atomic E-state index is 6.22. The van der Waals surface area contributed by atoms with Crippen molar-refractivity contribution in [1.29, 1.82) is 0 Å². The maximum absolute atomic E-state index is 6.22. The SMILES string of the molecule is CC(C)(C)CC(COCCCCCCCCCCCCCCCCC1CC1)OCc1ccccc1. The molecule has 0 N–H and O–H groups in total. The van der Waals surface area contributed by atoms with Gasteiger partial charge in [0.15, 0.2) is 0 Å². The topological polar surface area (TPSA) is 18.5 Å². The van der Waals surface area contributed by atoms with Gasteiger partial charge in [0.2, 0.25) is 0 Å². The molecular formula is C33H58O2. The van der Waals surface area contributed by atoms with Crippen molar-refractivity contribution in [2.45, 2.75) is 149 Å². The lowest BCUT2D eigenvalue weighted by Gasteiger charge is -2.26. The lowest BCUT2D eigenvalue weighted by molar-refractivity contribution is -0.0430. The van der Waals surface area contributed by atoms with E-state index in [2.05, 4.69) is 51.1 Å². The Labute approximate surface area is 219 Å². The minimum atomic E-state index is 0.169. The van der Waals surface area contributed by atoms with Crippen LogP contribution in [0.1, 0.15) is 142 Å². The third-order valence-electron chi connectivity index (χ3n) is 7.32. The Hall–Kier alpha value is -0.860. The predicted molar refractivity (Wildman–Crippen MR) is 152 cm³/mol. The van der Waals surface area contributed by atoms with Crippen LogP contribution in [0.2, 0.25) is 0 Å². The molecule has 1 aromatic carbocycles. The highest BCUT2D eigenvalue weighted by Gasteiger charge is 2.20. The number of hydrogen-bond acceptors (Lipinski definition) is 2. The number of rotatable bonds is 23. The molecule has 1 saturated carbocycles. The zero-order valence-corrected chi connectivity index (χ0v) is 23.7. The van der Waals surface area contributed by atoms with Crippen molar-refractivity contribution in [3.8, 4) is 0 Å². The normalized spacial score (nSPS) is 14.9. The third-order valence-corrected chi connectivity index (χ3v) is 7.32. The lowest BCUT2D eigenvalue weighted by Crippen LogP contribution is -2.26. The molecule has 1 aliphatic rings. The maximum Gasteiger partial charge on any atom is 0.0818 e. The van der Waals surface area contributed by atoms with Gasteiger partial charge in [0.05, 0.1) is 19.3 Å². The van der Waals surface area contributed by atoms with Crippen LogP contribution in [0.15, 0.2) is 30.3 Å². The van der Waals surface area contributed by atoms with E-state index in [-0.39, 0.29) is 11.5 Å². The molecule has 0 amide bonds. The minimum Gasteiger partial charge on any atom is -0.379 e. The van der Waals surface area contributed by atoms with Gasteiger partial charge in [-0.25, -0.2) is 0 Å². The number of unbranched alkanes of at least 4 members (excludes halogenated alkanes) is 13. The highest BCUT2D eigenvalue weighted by molar-refractivity contribution is 5.13. The first kappa shape index (κ1) is 30.4. The van der Waals surface area contributed by atoms with Crippen molar-refractivity contribution in [2.24, 2.45) is 11.3 Å². The van der Waals surface area contributed by atoms with E-state index in [1.54, 1.807) is 0 Å². The first-order valence-corrected chi connectivity index (χ1v) is 15.3. The van der Waals surface area contributed by atoms with Crippen molar-refractivity contribution >= 4 is 0 Å². The molecule has 0 spiro atoms. The summed E-state index contributed by atoms with van der Waals surface area (Å²) >= 11 is 0. The molecule has 2 rings (SSSR count). The Morgan fingerprint density at radius 2 is 1.23 bits per heavy atom. The van der Waals surface area contributed by atoms with Gasteiger partial charge in [0.1, 0.15) is 0 Å². The summed E-state index contributed by atoms with van der Waals surface area (Å²) in [4.78, 5) is 0. The van der Waals surface area contributed by atoms with Crippen LogP contribution in [0.4, 0.5) is 0 Å². The zero-order valence-electron chi connectivity index (χ0n) is 23.7. The van der Waals surface area contributed by atoms with Crippen LogP contribution >= 0.6 is 0 Å². The fourth-order valence-electron chi connectivity index (χ4n) is 5.02. The van der Waals surface area contributed by atoms with E-state index in [1.165, 1.54) is 115 Å². The molecule has 202 valence electrons. The smallest absolute Gasteiger partial charge is 0.0818 e. The second-order valence-electron chi connectivity index (χ2n) is 12.4. The van der Waals surface area contributed by atoms with Crippen LogP contribution in [0, 0.1) is 11.3 Å². The molecule has 1 aromatic rings. The summed E-state index contributed by atoms with van der Waals surface area (Å²) in [5.41, 5.74) is 1.49. The molecule has 0 aromatic heterocycles. The van der Waals surface area contributed by atoms with E-state index in [9.17, 15) is 0 Å². The summed E-state index contributed by atoms with van der Waals surface area (Å²) in [6.45, 7) is 9.10. The molecule has 0 bridgehead atoms.